The number of benzene rings is 2. The molecule has 0 aliphatic rings. The lowest BCUT2D eigenvalue weighted by atomic mass is 10.1. The molecule has 0 saturated heterocycles. The molecule has 0 aromatic heterocycles. The van der Waals surface area contributed by atoms with Crippen LogP contribution in [0.15, 0.2) is 54.6 Å². The molecule has 0 radical (unpaired) electrons. The Labute approximate surface area is 140 Å². The van der Waals surface area contributed by atoms with Gasteiger partial charge in [-0.2, -0.15) is 0 Å². The standard InChI is InChI=1S/C18H19NO5/c20-17(21)13-23-16-8-6-14(7-9-16)10-11-19-18(22)24-12-15-4-2-1-3-5-15/h1-9H,10-13H2,(H,19,22)(H,20,21). The maximum absolute atomic E-state index is 11.6. The van der Waals surface area contributed by atoms with Crippen LogP contribution in [0.5, 0.6) is 5.75 Å². The second kappa shape index (κ2) is 9.19. The molecule has 0 aliphatic heterocycles. The molecule has 2 N–H and O–H groups in total. The molecule has 0 fully saturated rings. The van der Waals surface area contributed by atoms with Crippen LogP contribution in [0.25, 0.3) is 0 Å². The summed E-state index contributed by atoms with van der Waals surface area (Å²) < 4.78 is 10.2. The van der Waals surface area contributed by atoms with Crippen molar-refractivity contribution in [1.82, 2.24) is 5.32 Å². The van der Waals surface area contributed by atoms with Crippen molar-refractivity contribution in [1.29, 1.82) is 0 Å². The highest BCUT2D eigenvalue weighted by atomic mass is 16.5. The van der Waals surface area contributed by atoms with Gasteiger partial charge >= 0.3 is 12.1 Å². The molecular weight excluding hydrogens is 310 g/mol. The number of amides is 1. The number of rotatable bonds is 8. The minimum Gasteiger partial charge on any atom is -0.482 e. The van der Waals surface area contributed by atoms with E-state index in [0.717, 1.165) is 11.1 Å². The van der Waals surface area contributed by atoms with Crippen LogP contribution in [0, 0.1) is 0 Å². The van der Waals surface area contributed by atoms with E-state index in [0.29, 0.717) is 18.7 Å². The van der Waals surface area contributed by atoms with Crippen molar-refractivity contribution in [2.24, 2.45) is 0 Å². The summed E-state index contributed by atoms with van der Waals surface area (Å²) in [6.45, 7) is 0.319. The normalized spacial score (nSPS) is 10.0. The van der Waals surface area contributed by atoms with Gasteiger partial charge in [0.05, 0.1) is 0 Å². The second-order valence-electron chi connectivity index (χ2n) is 5.06. The SMILES string of the molecule is O=C(O)COc1ccc(CCNC(=O)OCc2ccccc2)cc1. The minimum atomic E-state index is -1.02. The molecule has 0 saturated carbocycles. The zero-order valence-electron chi connectivity index (χ0n) is 13.1. The summed E-state index contributed by atoms with van der Waals surface area (Å²) in [4.78, 5) is 22.0. The van der Waals surface area contributed by atoms with Crippen LogP contribution in [0.1, 0.15) is 11.1 Å². The summed E-state index contributed by atoms with van der Waals surface area (Å²) in [6.07, 6.45) is 0.180. The van der Waals surface area contributed by atoms with E-state index < -0.39 is 12.1 Å². The molecule has 0 bridgehead atoms. The Morgan fingerprint density at radius 3 is 2.33 bits per heavy atom. The van der Waals surface area contributed by atoms with Crippen LogP contribution in [0.2, 0.25) is 0 Å². The van der Waals surface area contributed by atoms with Crippen LogP contribution in [0.3, 0.4) is 0 Å². The highest BCUT2D eigenvalue weighted by molar-refractivity contribution is 5.68. The Hall–Kier alpha value is -3.02. The van der Waals surface area contributed by atoms with Crippen molar-refractivity contribution < 1.29 is 24.2 Å². The van der Waals surface area contributed by atoms with E-state index in [1.165, 1.54) is 0 Å². The zero-order valence-corrected chi connectivity index (χ0v) is 13.1. The Morgan fingerprint density at radius 1 is 0.958 bits per heavy atom. The first-order valence-electron chi connectivity index (χ1n) is 7.51. The van der Waals surface area contributed by atoms with Crippen LogP contribution in [-0.2, 0) is 22.6 Å². The molecule has 126 valence electrons. The molecule has 0 spiro atoms. The van der Waals surface area contributed by atoms with Gasteiger partial charge in [-0.25, -0.2) is 9.59 Å². The van der Waals surface area contributed by atoms with E-state index in [1.807, 2.05) is 42.5 Å². The van der Waals surface area contributed by atoms with Gasteiger partial charge in [-0.05, 0) is 29.7 Å². The van der Waals surface area contributed by atoms with Crippen molar-refractivity contribution in [3.63, 3.8) is 0 Å². The van der Waals surface area contributed by atoms with Crippen LogP contribution in [-0.4, -0.2) is 30.3 Å². The quantitative estimate of drug-likeness (QED) is 0.777. The van der Waals surface area contributed by atoms with Crippen molar-refractivity contribution in [3.8, 4) is 5.75 Å². The van der Waals surface area contributed by atoms with Crippen LogP contribution in [0.4, 0.5) is 4.79 Å². The van der Waals surface area contributed by atoms with Gasteiger partial charge in [0.2, 0.25) is 0 Å². The Bertz CT molecular complexity index is 655. The molecule has 6 heteroatoms. The largest absolute Gasteiger partial charge is 0.482 e. The van der Waals surface area contributed by atoms with Crippen molar-refractivity contribution >= 4 is 12.1 Å². The number of nitrogens with one attached hydrogen (secondary N) is 1. The lowest BCUT2D eigenvalue weighted by Crippen LogP contribution is -2.26. The topological polar surface area (TPSA) is 84.9 Å². The summed E-state index contributed by atoms with van der Waals surface area (Å²) in [5.41, 5.74) is 1.94. The highest BCUT2D eigenvalue weighted by Gasteiger charge is 2.03. The lowest BCUT2D eigenvalue weighted by molar-refractivity contribution is -0.139. The molecular formula is C18H19NO5. The van der Waals surface area contributed by atoms with Gasteiger partial charge < -0.3 is 19.9 Å². The van der Waals surface area contributed by atoms with E-state index in [-0.39, 0.29) is 13.2 Å². The van der Waals surface area contributed by atoms with Gasteiger partial charge in [-0.3, -0.25) is 0 Å². The number of ether oxygens (including phenoxy) is 2. The van der Waals surface area contributed by atoms with Gasteiger partial charge in [0.15, 0.2) is 6.61 Å². The fraction of sp³-hybridized carbons (Fsp3) is 0.222. The average Bonchev–Trinajstić information content (AvgIpc) is 2.60. The molecule has 2 aromatic carbocycles. The second-order valence-corrected chi connectivity index (χ2v) is 5.06. The predicted octanol–water partition coefficient (Wildman–Crippen LogP) is 2.62. The lowest BCUT2D eigenvalue weighted by Gasteiger charge is -2.08. The summed E-state index contributed by atoms with van der Waals surface area (Å²) in [7, 11) is 0. The van der Waals surface area contributed by atoms with Gasteiger partial charge in [0.25, 0.3) is 0 Å². The van der Waals surface area contributed by atoms with Crippen molar-refractivity contribution in [2.45, 2.75) is 13.0 Å². The van der Waals surface area contributed by atoms with Gasteiger partial charge in [-0.15, -0.1) is 0 Å². The number of hydrogen-bond donors (Lipinski definition) is 2. The minimum absolute atomic E-state index is 0.238. The van der Waals surface area contributed by atoms with Crippen LogP contribution < -0.4 is 10.1 Å². The third-order valence-electron chi connectivity index (χ3n) is 3.18. The zero-order chi connectivity index (χ0) is 17.2. The third-order valence-corrected chi connectivity index (χ3v) is 3.18. The van der Waals surface area contributed by atoms with E-state index in [2.05, 4.69) is 5.32 Å². The third kappa shape index (κ3) is 6.39. The van der Waals surface area contributed by atoms with Gasteiger partial charge in [0, 0.05) is 6.54 Å². The summed E-state index contributed by atoms with van der Waals surface area (Å²) in [6, 6.07) is 16.5. The number of carbonyl (C=O) groups excluding carboxylic acids is 1. The first-order valence-corrected chi connectivity index (χ1v) is 7.51. The van der Waals surface area contributed by atoms with Gasteiger partial charge in [0.1, 0.15) is 12.4 Å². The molecule has 1 amide bonds. The number of aliphatic carboxylic acids is 1. The van der Waals surface area contributed by atoms with Crippen LogP contribution >= 0.6 is 0 Å². The number of alkyl carbamates (subject to hydrolysis) is 1. The number of carboxylic acids is 1. The average molecular weight is 329 g/mol. The van der Waals surface area contributed by atoms with Crippen molar-refractivity contribution in [2.75, 3.05) is 13.2 Å². The Morgan fingerprint density at radius 2 is 1.67 bits per heavy atom. The number of carboxylic acid groups (broad SMARTS) is 1. The molecule has 0 aliphatic carbocycles. The predicted molar refractivity (Wildman–Crippen MR) is 87.9 cm³/mol. The van der Waals surface area contributed by atoms with Gasteiger partial charge in [-0.1, -0.05) is 42.5 Å². The van der Waals surface area contributed by atoms with E-state index in [9.17, 15) is 9.59 Å². The van der Waals surface area contributed by atoms with E-state index in [4.69, 9.17) is 14.6 Å². The van der Waals surface area contributed by atoms with E-state index >= 15 is 0 Å². The number of hydrogen-bond acceptors (Lipinski definition) is 4. The fourth-order valence-electron chi connectivity index (χ4n) is 1.98. The molecule has 0 heterocycles. The summed E-state index contributed by atoms with van der Waals surface area (Å²) in [5, 5.41) is 11.2. The van der Waals surface area contributed by atoms with E-state index in [1.54, 1.807) is 12.1 Å². The first kappa shape index (κ1) is 17.3. The monoisotopic (exact) mass is 329 g/mol. The molecule has 2 rings (SSSR count). The molecule has 6 nitrogen and oxygen atoms in total. The summed E-state index contributed by atoms with van der Waals surface area (Å²) >= 11 is 0. The number of carbonyl (C=O) groups is 2. The Kier molecular flexibility index (Phi) is 6.64. The first-order chi connectivity index (χ1) is 11.6. The van der Waals surface area contributed by atoms with Crippen molar-refractivity contribution in [3.05, 3.63) is 65.7 Å². The molecule has 0 atom stereocenters. The molecule has 2 aromatic rings. The maximum Gasteiger partial charge on any atom is 0.407 e. The maximum atomic E-state index is 11.6. The highest BCUT2D eigenvalue weighted by Crippen LogP contribution is 2.12. The molecule has 0 unspecified atom stereocenters. The fourth-order valence-corrected chi connectivity index (χ4v) is 1.98. The summed E-state index contributed by atoms with van der Waals surface area (Å²) in [5.74, 6) is -0.520. The molecule has 24 heavy (non-hydrogen) atoms. The smallest absolute Gasteiger partial charge is 0.407 e. The Balaban J connectivity index is 1.66.